The van der Waals surface area contributed by atoms with Gasteiger partial charge in [-0.3, -0.25) is 0 Å². The van der Waals surface area contributed by atoms with E-state index < -0.39 is 0 Å². The topological polar surface area (TPSA) is 51.4 Å². The number of aromatic nitrogens is 1. The third-order valence-electron chi connectivity index (χ3n) is 3.31. The Hall–Kier alpha value is -1.13. The minimum Gasteiger partial charge on any atom is -0.379 e. The van der Waals surface area contributed by atoms with Gasteiger partial charge in [-0.25, -0.2) is 4.98 Å². The van der Waals surface area contributed by atoms with Crippen LogP contribution in [0, 0.1) is 5.92 Å². The zero-order chi connectivity index (χ0) is 13.0. The van der Waals surface area contributed by atoms with Gasteiger partial charge in [0.25, 0.3) is 0 Å². The summed E-state index contributed by atoms with van der Waals surface area (Å²) in [7, 11) is 2.04. The third-order valence-corrected chi connectivity index (χ3v) is 3.31. The van der Waals surface area contributed by atoms with Gasteiger partial charge < -0.3 is 15.4 Å². The number of hydrogen-bond donors (Lipinski definition) is 1. The number of ether oxygens (including phenoxy) is 1. The molecule has 18 heavy (non-hydrogen) atoms. The molecule has 1 aliphatic carbocycles. The number of hydrogen-bond acceptors (Lipinski definition) is 4. The Labute approximate surface area is 109 Å². The summed E-state index contributed by atoms with van der Waals surface area (Å²) < 4.78 is 5.63. The van der Waals surface area contributed by atoms with Gasteiger partial charge >= 0.3 is 0 Å². The predicted molar refractivity (Wildman–Crippen MR) is 73.7 cm³/mol. The summed E-state index contributed by atoms with van der Waals surface area (Å²) >= 11 is 0. The number of rotatable bonds is 7. The summed E-state index contributed by atoms with van der Waals surface area (Å²) in [5, 5.41) is 0. The molecular formula is C14H23N3O. The Bertz CT molecular complexity index is 377. The fourth-order valence-corrected chi connectivity index (χ4v) is 1.78. The highest BCUT2D eigenvalue weighted by molar-refractivity contribution is 5.40. The monoisotopic (exact) mass is 249 g/mol. The van der Waals surface area contributed by atoms with E-state index in [9.17, 15) is 0 Å². The van der Waals surface area contributed by atoms with E-state index >= 15 is 0 Å². The normalized spacial score (nSPS) is 16.6. The Morgan fingerprint density at radius 3 is 3.00 bits per heavy atom. The molecule has 1 aromatic rings. The lowest BCUT2D eigenvalue weighted by Crippen LogP contribution is -2.24. The van der Waals surface area contributed by atoms with Gasteiger partial charge in [0, 0.05) is 32.4 Å². The molecule has 0 unspecified atom stereocenters. The predicted octanol–water partition coefficient (Wildman–Crippen LogP) is 1.96. The molecule has 100 valence electrons. The van der Waals surface area contributed by atoms with Crippen LogP contribution in [0.1, 0.15) is 31.4 Å². The van der Waals surface area contributed by atoms with Crippen LogP contribution in [0.5, 0.6) is 0 Å². The summed E-state index contributed by atoms with van der Waals surface area (Å²) in [6, 6.07) is 4.06. The number of nitrogens with two attached hydrogens (primary N) is 1. The second-order valence-corrected chi connectivity index (χ2v) is 5.18. The molecule has 0 aliphatic heterocycles. The highest BCUT2D eigenvalue weighted by Crippen LogP contribution is 2.28. The summed E-state index contributed by atoms with van der Waals surface area (Å²) in [5.74, 6) is 1.79. The first-order chi connectivity index (χ1) is 8.66. The lowest BCUT2D eigenvalue weighted by Gasteiger charge is -2.19. The molecule has 4 heteroatoms. The lowest BCUT2D eigenvalue weighted by molar-refractivity contribution is 0.131. The fraction of sp³-hybridized carbons (Fsp3) is 0.643. The molecule has 0 saturated heterocycles. The van der Waals surface area contributed by atoms with E-state index in [-0.39, 0.29) is 6.04 Å². The van der Waals surface area contributed by atoms with Gasteiger partial charge in [0.05, 0.1) is 6.61 Å². The summed E-state index contributed by atoms with van der Waals surface area (Å²) in [5.41, 5.74) is 6.99. The van der Waals surface area contributed by atoms with Crippen molar-refractivity contribution in [2.24, 2.45) is 11.7 Å². The van der Waals surface area contributed by atoms with Crippen molar-refractivity contribution in [3.8, 4) is 0 Å². The number of pyridine rings is 1. The van der Waals surface area contributed by atoms with Crippen LogP contribution in [-0.4, -0.2) is 31.8 Å². The third kappa shape index (κ3) is 3.96. The number of likely N-dealkylation sites (N-methyl/N-ethyl adjacent to an activating group) is 1. The molecule has 0 amide bonds. The van der Waals surface area contributed by atoms with Crippen LogP contribution in [0.2, 0.25) is 0 Å². The van der Waals surface area contributed by atoms with E-state index in [0.717, 1.165) is 37.1 Å². The minimum atomic E-state index is 0.0475. The SMILES string of the molecule is C[C@@H](N)c1ccnc(N(C)CCOCC2CC2)c1. The standard InChI is InChI=1S/C14H23N3O/c1-11(15)13-5-6-16-14(9-13)17(2)7-8-18-10-12-3-4-12/h5-6,9,11-12H,3-4,7-8,10,15H2,1-2H3/t11-/m1/s1. The second-order valence-electron chi connectivity index (χ2n) is 5.18. The van der Waals surface area contributed by atoms with E-state index in [1.165, 1.54) is 12.8 Å². The molecular weight excluding hydrogens is 226 g/mol. The van der Waals surface area contributed by atoms with Crippen molar-refractivity contribution in [1.82, 2.24) is 4.98 Å². The van der Waals surface area contributed by atoms with E-state index in [1.807, 2.05) is 32.3 Å². The van der Waals surface area contributed by atoms with Crippen molar-refractivity contribution in [3.05, 3.63) is 23.9 Å². The van der Waals surface area contributed by atoms with Gasteiger partial charge in [-0.05, 0) is 43.4 Å². The molecule has 1 fully saturated rings. The molecule has 2 N–H and O–H groups in total. The molecule has 0 spiro atoms. The summed E-state index contributed by atoms with van der Waals surface area (Å²) in [4.78, 5) is 6.47. The van der Waals surface area contributed by atoms with Crippen LogP contribution in [-0.2, 0) is 4.74 Å². The van der Waals surface area contributed by atoms with E-state index in [4.69, 9.17) is 10.5 Å². The van der Waals surface area contributed by atoms with Crippen molar-refractivity contribution in [2.75, 3.05) is 31.7 Å². The molecule has 0 bridgehead atoms. The Morgan fingerprint density at radius 1 is 1.56 bits per heavy atom. The highest BCUT2D eigenvalue weighted by atomic mass is 16.5. The molecule has 0 aromatic carbocycles. The van der Waals surface area contributed by atoms with Gasteiger partial charge in [-0.15, -0.1) is 0 Å². The van der Waals surface area contributed by atoms with Crippen molar-refractivity contribution in [3.63, 3.8) is 0 Å². The van der Waals surface area contributed by atoms with Crippen molar-refractivity contribution in [1.29, 1.82) is 0 Å². The molecule has 1 aliphatic rings. The van der Waals surface area contributed by atoms with Crippen LogP contribution >= 0.6 is 0 Å². The molecule has 4 nitrogen and oxygen atoms in total. The summed E-state index contributed by atoms with van der Waals surface area (Å²) in [6.45, 7) is 4.53. The smallest absolute Gasteiger partial charge is 0.128 e. The van der Waals surface area contributed by atoms with Crippen molar-refractivity contribution in [2.45, 2.75) is 25.8 Å². The second kappa shape index (κ2) is 6.16. The van der Waals surface area contributed by atoms with Gasteiger partial charge in [-0.1, -0.05) is 0 Å². The highest BCUT2D eigenvalue weighted by Gasteiger charge is 2.21. The van der Waals surface area contributed by atoms with Crippen LogP contribution in [0.15, 0.2) is 18.3 Å². The van der Waals surface area contributed by atoms with E-state index in [2.05, 4.69) is 9.88 Å². The lowest BCUT2D eigenvalue weighted by atomic mass is 10.1. The Kier molecular flexibility index (Phi) is 4.55. The van der Waals surface area contributed by atoms with Crippen LogP contribution in [0.25, 0.3) is 0 Å². The summed E-state index contributed by atoms with van der Waals surface area (Å²) in [6.07, 6.45) is 4.50. The maximum atomic E-state index is 5.87. The van der Waals surface area contributed by atoms with Crippen molar-refractivity contribution >= 4 is 5.82 Å². The largest absolute Gasteiger partial charge is 0.379 e. The van der Waals surface area contributed by atoms with Gasteiger partial charge in [0.2, 0.25) is 0 Å². The quantitative estimate of drug-likeness (QED) is 0.751. The first kappa shape index (κ1) is 13.3. The zero-order valence-electron chi connectivity index (χ0n) is 11.3. The average molecular weight is 249 g/mol. The molecule has 1 atom stereocenters. The van der Waals surface area contributed by atoms with Crippen molar-refractivity contribution < 1.29 is 4.74 Å². The maximum absolute atomic E-state index is 5.87. The number of anilines is 1. The minimum absolute atomic E-state index is 0.0475. The molecule has 0 radical (unpaired) electrons. The maximum Gasteiger partial charge on any atom is 0.128 e. The molecule has 2 rings (SSSR count). The van der Waals surface area contributed by atoms with Crippen LogP contribution in [0.3, 0.4) is 0 Å². The number of nitrogens with zero attached hydrogens (tertiary/aromatic N) is 2. The molecule has 1 saturated carbocycles. The van der Waals surface area contributed by atoms with E-state index in [1.54, 1.807) is 0 Å². The average Bonchev–Trinajstić information content (AvgIpc) is 3.18. The van der Waals surface area contributed by atoms with Crippen LogP contribution < -0.4 is 10.6 Å². The van der Waals surface area contributed by atoms with Gasteiger partial charge in [0.1, 0.15) is 5.82 Å². The zero-order valence-corrected chi connectivity index (χ0v) is 11.3. The van der Waals surface area contributed by atoms with E-state index in [0.29, 0.717) is 0 Å². The fourth-order valence-electron chi connectivity index (χ4n) is 1.78. The molecule has 1 aromatic heterocycles. The molecule has 1 heterocycles. The van der Waals surface area contributed by atoms with Gasteiger partial charge in [-0.2, -0.15) is 0 Å². The Morgan fingerprint density at radius 2 is 2.33 bits per heavy atom. The first-order valence-corrected chi connectivity index (χ1v) is 6.67. The van der Waals surface area contributed by atoms with Gasteiger partial charge in [0.15, 0.2) is 0 Å². The Balaban J connectivity index is 1.79. The first-order valence-electron chi connectivity index (χ1n) is 6.67. The van der Waals surface area contributed by atoms with Crippen LogP contribution in [0.4, 0.5) is 5.82 Å².